The zero-order valence-electron chi connectivity index (χ0n) is 19.8. The number of piperidine rings is 1. The molecule has 3 heterocycles. The van der Waals surface area contributed by atoms with Gasteiger partial charge in [-0.1, -0.05) is 11.6 Å². The van der Waals surface area contributed by atoms with E-state index in [0.29, 0.717) is 17.8 Å². The number of aryl methyl sites for hydroxylation is 1. The third-order valence-electron chi connectivity index (χ3n) is 6.50. The van der Waals surface area contributed by atoms with Gasteiger partial charge in [0.05, 0.1) is 0 Å². The van der Waals surface area contributed by atoms with Crippen molar-refractivity contribution in [1.82, 2.24) is 24.7 Å². The number of anilines is 2. The minimum Gasteiger partial charge on any atom is -0.424 e. The van der Waals surface area contributed by atoms with Crippen LogP contribution in [0.4, 0.5) is 16.2 Å². The zero-order valence-corrected chi connectivity index (χ0v) is 20.6. The third-order valence-corrected chi connectivity index (χ3v) is 6.72. The molecule has 1 aliphatic heterocycles. The van der Waals surface area contributed by atoms with Crippen LogP contribution in [0.15, 0.2) is 30.6 Å². The summed E-state index contributed by atoms with van der Waals surface area (Å²) in [5, 5.41) is 8.17. The summed E-state index contributed by atoms with van der Waals surface area (Å²) in [6.45, 7) is 3.84. The molecular weight excluding hydrogens is 453 g/mol. The maximum Gasteiger partial charge on any atom is 0.320 e. The molecule has 3 aromatic rings. The van der Waals surface area contributed by atoms with Gasteiger partial charge in [-0.25, -0.2) is 19.0 Å². The van der Waals surface area contributed by atoms with E-state index >= 15 is 0 Å². The van der Waals surface area contributed by atoms with E-state index in [4.69, 9.17) is 21.4 Å². The van der Waals surface area contributed by atoms with Gasteiger partial charge in [-0.2, -0.15) is 4.98 Å². The van der Waals surface area contributed by atoms with Crippen LogP contribution < -0.4 is 15.0 Å². The fraction of sp³-hybridized carbons (Fsp3) is 0.429. The zero-order chi connectivity index (χ0) is 24.0. The SMILES string of the molecule is BC(B)(B)n1nc(N[C@@H]2[C@@H]3CC[C@H]2CN(c2cc(C)ncn2)C3)nc1Oc1cc(F)cc(Cl)c1. The van der Waals surface area contributed by atoms with Gasteiger partial charge in [-0.15, -0.1) is 5.10 Å². The van der Waals surface area contributed by atoms with Crippen LogP contribution in [0.2, 0.25) is 5.02 Å². The standard InChI is InChI=1S/C21H26B3ClFN7O/c1-11-4-17(28-10-27-11)32-8-12-2-3-13(9-32)18(12)29-19-30-20(33(31-19)21(22,23)24)34-16-6-14(25)5-15(26)7-16/h4-7,10,12-13,18H,2-3,8-9,22-24H2,1H3,(H,29,31)/t12-,13+,18-. The number of ether oxygens (including phenoxy) is 1. The van der Waals surface area contributed by atoms with Crippen molar-refractivity contribution < 1.29 is 9.13 Å². The second-order valence-electron chi connectivity index (χ2n) is 10.2. The molecule has 5 rings (SSSR count). The Morgan fingerprint density at radius 2 is 1.85 bits per heavy atom. The summed E-state index contributed by atoms with van der Waals surface area (Å²) in [5.41, 5.74) is 0.974. The topological polar surface area (TPSA) is 81.0 Å². The Labute approximate surface area is 205 Å². The van der Waals surface area contributed by atoms with E-state index in [0.717, 1.165) is 37.4 Å². The number of rotatable bonds is 6. The Morgan fingerprint density at radius 1 is 1.12 bits per heavy atom. The van der Waals surface area contributed by atoms with Crippen molar-refractivity contribution in [3.05, 3.63) is 47.1 Å². The number of hydrogen-bond acceptors (Lipinski definition) is 7. The van der Waals surface area contributed by atoms with Crippen LogP contribution in [0.3, 0.4) is 0 Å². The summed E-state index contributed by atoms with van der Waals surface area (Å²) in [6.07, 6.45) is 3.93. The Bertz CT molecular complexity index is 1170. The van der Waals surface area contributed by atoms with Crippen LogP contribution >= 0.6 is 11.6 Å². The molecule has 2 bridgehead atoms. The lowest BCUT2D eigenvalue weighted by atomic mass is 9.49. The Kier molecular flexibility index (Phi) is 5.96. The average Bonchev–Trinajstić information content (AvgIpc) is 3.23. The van der Waals surface area contributed by atoms with Crippen LogP contribution in [-0.4, -0.2) is 67.4 Å². The summed E-state index contributed by atoms with van der Waals surface area (Å²) < 4.78 is 21.5. The molecule has 1 saturated carbocycles. The summed E-state index contributed by atoms with van der Waals surface area (Å²) in [7, 11) is 6.05. The minimum absolute atomic E-state index is 0.261. The number of halogens is 2. The van der Waals surface area contributed by atoms with Gasteiger partial charge in [0.1, 0.15) is 47.3 Å². The first-order valence-corrected chi connectivity index (χ1v) is 11.9. The molecule has 0 spiro atoms. The second kappa shape index (κ2) is 8.80. The van der Waals surface area contributed by atoms with Crippen molar-refractivity contribution in [2.75, 3.05) is 23.3 Å². The number of hydrogen-bond donors (Lipinski definition) is 1. The highest BCUT2D eigenvalue weighted by Gasteiger charge is 2.43. The first kappa shape index (κ1) is 23.0. The van der Waals surface area contributed by atoms with Gasteiger partial charge >= 0.3 is 6.01 Å². The van der Waals surface area contributed by atoms with Gasteiger partial charge in [0, 0.05) is 42.0 Å². The molecule has 1 aliphatic carbocycles. The molecule has 0 radical (unpaired) electrons. The molecule has 0 unspecified atom stereocenters. The van der Waals surface area contributed by atoms with E-state index in [1.807, 2.05) is 36.5 Å². The smallest absolute Gasteiger partial charge is 0.320 e. The summed E-state index contributed by atoms with van der Waals surface area (Å²) in [6, 6.07) is 6.68. The minimum atomic E-state index is -0.468. The highest BCUT2D eigenvalue weighted by atomic mass is 35.5. The predicted molar refractivity (Wildman–Crippen MR) is 138 cm³/mol. The highest BCUT2D eigenvalue weighted by molar-refractivity contribution is 6.56. The molecule has 1 N–H and O–H groups in total. The van der Waals surface area contributed by atoms with Gasteiger partial charge in [-0.05, 0) is 49.0 Å². The lowest BCUT2D eigenvalue weighted by Crippen LogP contribution is -2.48. The van der Waals surface area contributed by atoms with Crippen molar-refractivity contribution in [3.8, 4) is 11.8 Å². The first-order valence-electron chi connectivity index (χ1n) is 11.6. The number of aromatic nitrogens is 5. The predicted octanol–water partition coefficient (Wildman–Crippen LogP) is 0.755. The van der Waals surface area contributed by atoms with E-state index in [9.17, 15) is 4.39 Å². The fourth-order valence-electron chi connectivity index (χ4n) is 4.96. The van der Waals surface area contributed by atoms with Crippen molar-refractivity contribution in [2.45, 2.75) is 31.0 Å². The molecule has 34 heavy (non-hydrogen) atoms. The normalized spacial score (nSPS) is 22.1. The monoisotopic (exact) mass is 479 g/mol. The molecule has 13 heteroatoms. The summed E-state index contributed by atoms with van der Waals surface area (Å²) in [4.78, 5) is 15.7. The largest absolute Gasteiger partial charge is 0.424 e. The van der Waals surface area contributed by atoms with Gasteiger partial charge in [0.15, 0.2) is 0 Å². The molecule has 2 aromatic heterocycles. The quantitative estimate of drug-likeness (QED) is 0.523. The van der Waals surface area contributed by atoms with E-state index in [2.05, 4.69) is 25.2 Å². The number of fused-ring (bicyclic) bond motifs is 2. The van der Waals surface area contributed by atoms with E-state index < -0.39 is 5.82 Å². The number of benzene rings is 1. The molecule has 8 nitrogen and oxygen atoms in total. The molecule has 2 aliphatic rings. The third kappa shape index (κ3) is 4.73. The van der Waals surface area contributed by atoms with Crippen molar-refractivity contribution in [1.29, 1.82) is 0 Å². The maximum absolute atomic E-state index is 13.8. The van der Waals surface area contributed by atoms with Crippen LogP contribution in [0.5, 0.6) is 11.8 Å². The van der Waals surface area contributed by atoms with Gasteiger partial charge in [0.25, 0.3) is 0 Å². The Morgan fingerprint density at radius 3 is 2.50 bits per heavy atom. The van der Waals surface area contributed by atoms with E-state index in [1.165, 1.54) is 12.1 Å². The van der Waals surface area contributed by atoms with E-state index in [-0.39, 0.29) is 28.1 Å². The molecular formula is C21H26B3ClFN7O. The molecule has 174 valence electrons. The van der Waals surface area contributed by atoms with Crippen LogP contribution in [-0.2, 0) is 5.24 Å². The molecule has 0 amide bonds. The van der Waals surface area contributed by atoms with E-state index in [1.54, 1.807) is 17.1 Å². The van der Waals surface area contributed by atoms with Gasteiger partial charge < -0.3 is 15.0 Å². The fourth-order valence-corrected chi connectivity index (χ4v) is 5.17. The van der Waals surface area contributed by atoms with Crippen molar-refractivity contribution in [3.63, 3.8) is 0 Å². The Hall–Kier alpha value is -2.75. The summed E-state index contributed by atoms with van der Waals surface area (Å²) >= 11 is 6.00. The lowest BCUT2D eigenvalue weighted by molar-refractivity contribution is 0.374. The van der Waals surface area contributed by atoms with Crippen LogP contribution in [0, 0.1) is 24.6 Å². The van der Waals surface area contributed by atoms with Crippen molar-refractivity contribution in [2.24, 2.45) is 11.8 Å². The molecule has 2 fully saturated rings. The molecule has 1 aromatic carbocycles. The van der Waals surface area contributed by atoms with Gasteiger partial charge in [0.2, 0.25) is 5.95 Å². The van der Waals surface area contributed by atoms with Gasteiger partial charge in [-0.3, -0.25) is 0 Å². The molecule has 3 atom stereocenters. The molecule has 1 saturated heterocycles. The first-order chi connectivity index (χ1) is 16.2. The van der Waals surface area contributed by atoms with Crippen LogP contribution in [0.1, 0.15) is 18.5 Å². The summed E-state index contributed by atoms with van der Waals surface area (Å²) in [5.74, 6) is 2.24. The maximum atomic E-state index is 13.8. The lowest BCUT2D eigenvalue weighted by Gasteiger charge is -2.38. The number of nitrogens with zero attached hydrogens (tertiary/aromatic N) is 6. The number of nitrogens with one attached hydrogen (secondary N) is 1. The van der Waals surface area contributed by atoms with Crippen molar-refractivity contribution >= 4 is 46.9 Å². The second-order valence-corrected chi connectivity index (χ2v) is 10.6. The Balaban J connectivity index is 1.36. The van der Waals surface area contributed by atoms with Crippen LogP contribution in [0.25, 0.3) is 0 Å². The average molecular weight is 479 g/mol. The highest BCUT2D eigenvalue weighted by Crippen LogP contribution is 2.40.